The van der Waals surface area contributed by atoms with Crippen LogP contribution in [0.5, 0.6) is 0 Å². The van der Waals surface area contributed by atoms with Crippen molar-refractivity contribution in [3.8, 4) is 5.69 Å². The molecule has 1 heterocycles. The Labute approximate surface area is 161 Å². The number of benzene rings is 2. The fourth-order valence-corrected chi connectivity index (χ4v) is 3.53. The van der Waals surface area contributed by atoms with E-state index in [0.717, 1.165) is 39.5 Å². The Kier molecular flexibility index (Phi) is 5.45. The lowest BCUT2D eigenvalue weighted by Gasteiger charge is -2.13. The maximum Gasteiger partial charge on any atom is 0.224 e. The number of nitrogens with one attached hydrogen (secondary N) is 1. The van der Waals surface area contributed by atoms with Crippen LogP contribution < -0.4 is 5.32 Å². The molecule has 0 aliphatic carbocycles. The van der Waals surface area contributed by atoms with Gasteiger partial charge in [-0.3, -0.25) is 4.79 Å². The molecule has 0 aliphatic heterocycles. The second-order valence-corrected chi connectivity index (χ2v) is 7.33. The van der Waals surface area contributed by atoms with Crippen molar-refractivity contribution >= 4 is 11.6 Å². The molecule has 0 fully saturated rings. The first kappa shape index (κ1) is 18.9. The molecule has 0 radical (unpaired) electrons. The van der Waals surface area contributed by atoms with Gasteiger partial charge in [-0.2, -0.15) is 5.10 Å². The lowest BCUT2D eigenvalue weighted by Crippen LogP contribution is -2.14. The number of carbonyl (C=O) groups excluding carboxylic acids is 1. The van der Waals surface area contributed by atoms with Crippen molar-refractivity contribution < 1.29 is 4.79 Å². The van der Waals surface area contributed by atoms with Crippen molar-refractivity contribution in [3.05, 3.63) is 76.1 Å². The number of rotatable bonds is 5. The minimum Gasteiger partial charge on any atom is -0.326 e. The van der Waals surface area contributed by atoms with E-state index in [1.54, 1.807) is 0 Å². The summed E-state index contributed by atoms with van der Waals surface area (Å²) in [6.45, 7) is 10.2. The summed E-state index contributed by atoms with van der Waals surface area (Å²) in [6.07, 6.45) is 1.18. The summed E-state index contributed by atoms with van der Waals surface area (Å²) in [6, 6.07) is 14.5. The molecule has 1 amide bonds. The Morgan fingerprint density at radius 1 is 0.963 bits per heavy atom. The molecule has 27 heavy (non-hydrogen) atoms. The van der Waals surface area contributed by atoms with Gasteiger partial charge in [0.15, 0.2) is 0 Å². The molecule has 3 aromatic rings. The van der Waals surface area contributed by atoms with Crippen LogP contribution in [0.15, 0.2) is 42.5 Å². The minimum atomic E-state index is 0.0488. The van der Waals surface area contributed by atoms with Crippen molar-refractivity contribution in [2.24, 2.45) is 0 Å². The minimum absolute atomic E-state index is 0.0488. The average Bonchev–Trinajstić information content (AvgIpc) is 2.95. The average molecular weight is 361 g/mol. The highest BCUT2D eigenvalue weighted by molar-refractivity contribution is 5.92. The lowest BCUT2D eigenvalue weighted by molar-refractivity contribution is -0.116. The van der Waals surface area contributed by atoms with E-state index in [9.17, 15) is 4.79 Å². The highest BCUT2D eigenvalue weighted by Crippen LogP contribution is 2.22. The molecule has 0 saturated carbocycles. The monoisotopic (exact) mass is 361 g/mol. The fourth-order valence-electron chi connectivity index (χ4n) is 3.53. The smallest absolute Gasteiger partial charge is 0.224 e. The van der Waals surface area contributed by atoms with Gasteiger partial charge in [-0.1, -0.05) is 29.8 Å². The largest absolute Gasteiger partial charge is 0.326 e. The van der Waals surface area contributed by atoms with Crippen molar-refractivity contribution in [1.29, 1.82) is 0 Å². The van der Waals surface area contributed by atoms with Crippen molar-refractivity contribution in [2.75, 3.05) is 5.32 Å². The van der Waals surface area contributed by atoms with Gasteiger partial charge in [0.1, 0.15) is 0 Å². The zero-order chi connectivity index (χ0) is 19.6. The molecule has 1 N–H and O–H groups in total. The van der Waals surface area contributed by atoms with Crippen molar-refractivity contribution in [1.82, 2.24) is 9.78 Å². The lowest BCUT2D eigenvalue weighted by atomic mass is 10.0. The SMILES string of the molecule is Cc1cc(C)c(NC(=O)CCc2ccc(-n3nc(C)cc3C)cc2)c(C)c1. The van der Waals surface area contributed by atoms with Crippen LogP contribution in [0.1, 0.15) is 40.1 Å². The zero-order valence-electron chi connectivity index (χ0n) is 16.8. The van der Waals surface area contributed by atoms with Gasteiger partial charge in [-0.25, -0.2) is 4.68 Å². The molecule has 0 bridgehead atoms. The first-order chi connectivity index (χ1) is 12.8. The summed E-state index contributed by atoms with van der Waals surface area (Å²) in [5.41, 5.74) is 8.67. The number of hydrogen-bond acceptors (Lipinski definition) is 2. The maximum absolute atomic E-state index is 12.4. The van der Waals surface area contributed by atoms with Crippen LogP contribution >= 0.6 is 0 Å². The van der Waals surface area contributed by atoms with Gasteiger partial charge in [0.05, 0.1) is 11.4 Å². The number of anilines is 1. The number of aromatic nitrogens is 2. The van der Waals surface area contributed by atoms with E-state index in [1.165, 1.54) is 5.56 Å². The topological polar surface area (TPSA) is 46.9 Å². The molecule has 4 nitrogen and oxygen atoms in total. The van der Waals surface area contributed by atoms with Gasteiger partial charge in [-0.05, 0) is 75.9 Å². The van der Waals surface area contributed by atoms with E-state index >= 15 is 0 Å². The van der Waals surface area contributed by atoms with E-state index < -0.39 is 0 Å². The summed E-state index contributed by atoms with van der Waals surface area (Å²) in [5.74, 6) is 0.0488. The Bertz CT molecular complexity index is 945. The molecule has 4 heteroatoms. The van der Waals surface area contributed by atoms with Gasteiger partial charge < -0.3 is 5.32 Å². The first-order valence-electron chi connectivity index (χ1n) is 9.34. The van der Waals surface area contributed by atoms with Crippen LogP contribution in [0.25, 0.3) is 5.69 Å². The third-order valence-electron chi connectivity index (χ3n) is 4.77. The predicted octanol–water partition coefficient (Wildman–Crippen LogP) is 4.99. The second-order valence-electron chi connectivity index (χ2n) is 7.33. The summed E-state index contributed by atoms with van der Waals surface area (Å²) in [7, 11) is 0. The molecule has 3 rings (SSSR count). The number of aryl methyl sites for hydroxylation is 6. The van der Waals surface area contributed by atoms with Gasteiger partial charge in [0, 0.05) is 17.8 Å². The fraction of sp³-hybridized carbons (Fsp3) is 0.304. The maximum atomic E-state index is 12.4. The third-order valence-corrected chi connectivity index (χ3v) is 4.77. The Balaban J connectivity index is 1.62. The van der Waals surface area contributed by atoms with E-state index in [0.29, 0.717) is 12.8 Å². The summed E-state index contributed by atoms with van der Waals surface area (Å²) >= 11 is 0. The van der Waals surface area contributed by atoms with Crippen LogP contribution in [-0.2, 0) is 11.2 Å². The molecule has 0 saturated heterocycles. The number of hydrogen-bond donors (Lipinski definition) is 1. The van der Waals surface area contributed by atoms with E-state index in [4.69, 9.17) is 0 Å². The second kappa shape index (κ2) is 7.78. The third kappa shape index (κ3) is 4.45. The standard InChI is InChI=1S/C23H27N3O/c1-15-12-16(2)23(17(3)13-15)24-22(27)11-8-20-6-9-21(10-7-20)26-19(5)14-18(4)25-26/h6-7,9-10,12-14H,8,11H2,1-5H3,(H,24,27). The van der Waals surface area contributed by atoms with Crippen molar-refractivity contribution in [3.63, 3.8) is 0 Å². The zero-order valence-corrected chi connectivity index (χ0v) is 16.8. The highest BCUT2D eigenvalue weighted by Gasteiger charge is 2.09. The summed E-state index contributed by atoms with van der Waals surface area (Å²) in [4.78, 5) is 12.4. The molecule has 140 valence electrons. The van der Waals surface area contributed by atoms with E-state index in [1.807, 2.05) is 32.4 Å². The molecule has 1 aromatic heterocycles. The summed E-state index contributed by atoms with van der Waals surface area (Å²) < 4.78 is 1.94. The molecular weight excluding hydrogens is 334 g/mol. The van der Waals surface area contributed by atoms with Crippen LogP contribution in [0, 0.1) is 34.6 Å². The normalized spacial score (nSPS) is 10.9. The van der Waals surface area contributed by atoms with E-state index in [-0.39, 0.29) is 5.91 Å². The Morgan fingerprint density at radius 2 is 1.59 bits per heavy atom. The van der Waals surface area contributed by atoms with Crippen molar-refractivity contribution in [2.45, 2.75) is 47.5 Å². The van der Waals surface area contributed by atoms with Crippen LogP contribution in [0.3, 0.4) is 0 Å². The predicted molar refractivity (Wildman–Crippen MR) is 111 cm³/mol. The van der Waals surface area contributed by atoms with Gasteiger partial charge >= 0.3 is 0 Å². The molecule has 0 unspecified atom stereocenters. The van der Waals surface area contributed by atoms with Gasteiger partial charge in [-0.15, -0.1) is 0 Å². The Morgan fingerprint density at radius 3 is 2.15 bits per heavy atom. The quantitative estimate of drug-likeness (QED) is 0.696. The Hall–Kier alpha value is -2.88. The first-order valence-corrected chi connectivity index (χ1v) is 9.34. The number of carbonyl (C=O) groups is 1. The molecular formula is C23H27N3O. The van der Waals surface area contributed by atoms with Crippen LogP contribution in [0.2, 0.25) is 0 Å². The van der Waals surface area contributed by atoms with Gasteiger partial charge in [0.2, 0.25) is 5.91 Å². The number of amides is 1. The van der Waals surface area contributed by atoms with E-state index in [2.05, 4.69) is 59.8 Å². The number of nitrogens with zero attached hydrogens (tertiary/aromatic N) is 2. The summed E-state index contributed by atoms with van der Waals surface area (Å²) in [5, 5.41) is 7.58. The molecule has 0 aliphatic rings. The molecule has 0 spiro atoms. The van der Waals surface area contributed by atoms with Crippen LogP contribution in [0.4, 0.5) is 5.69 Å². The molecule has 2 aromatic carbocycles. The van der Waals surface area contributed by atoms with Gasteiger partial charge in [0.25, 0.3) is 0 Å². The van der Waals surface area contributed by atoms with Crippen LogP contribution in [-0.4, -0.2) is 15.7 Å². The highest BCUT2D eigenvalue weighted by atomic mass is 16.1. The molecule has 0 atom stereocenters.